The molecule has 0 saturated carbocycles. The van der Waals surface area contributed by atoms with Gasteiger partial charge in [-0.2, -0.15) is 0 Å². The minimum atomic E-state index is -1.02. The Labute approximate surface area is 234 Å². The number of aliphatic carboxylic acids is 1. The van der Waals surface area contributed by atoms with Crippen molar-refractivity contribution >= 4 is 18.0 Å². The van der Waals surface area contributed by atoms with Gasteiger partial charge in [-0.25, -0.2) is 4.79 Å². The lowest BCUT2D eigenvalue weighted by atomic mass is 9.98. The fraction of sp³-hybridized carbons (Fsp3) is 0.344. The van der Waals surface area contributed by atoms with E-state index in [1.807, 2.05) is 54.6 Å². The number of carbonyl (C=O) groups is 3. The second-order valence-electron chi connectivity index (χ2n) is 10.5. The summed E-state index contributed by atoms with van der Waals surface area (Å²) in [6, 6.07) is 25.5. The van der Waals surface area contributed by atoms with E-state index in [0.717, 1.165) is 28.8 Å². The van der Waals surface area contributed by atoms with Crippen molar-refractivity contribution in [1.82, 2.24) is 15.1 Å². The van der Waals surface area contributed by atoms with Crippen LogP contribution in [0.3, 0.4) is 0 Å². The lowest BCUT2D eigenvalue weighted by Crippen LogP contribution is -2.57. The quantitative estimate of drug-likeness (QED) is 0.414. The van der Waals surface area contributed by atoms with Gasteiger partial charge in [0.05, 0.1) is 0 Å². The van der Waals surface area contributed by atoms with E-state index in [2.05, 4.69) is 41.4 Å². The molecule has 1 heterocycles. The van der Waals surface area contributed by atoms with Gasteiger partial charge in [-0.3, -0.25) is 14.5 Å². The summed E-state index contributed by atoms with van der Waals surface area (Å²) in [6.07, 6.45) is -0.957. The minimum absolute atomic E-state index is 0.00300. The molecular formula is C32H35N3O5. The highest BCUT2D eigenvalue weighted by Crippen LogP contribution is 2.44. The lowest BCUT2D eigenvalue weighted by molar-refractivity contribution is -0.139. The van der Waals surface area contributed by atoms with E-state index in [1.165, 1.54) is 5.56 Å². The van der Waals surface area contributed by atoms with Crippen molar-refractivity contribution in [1.29, 1.82) is 0 Å². The molecule has 40 heavy (non-hydrogen) atoms. The van der Waals surface area contributed by atoms with Gasteiger partial charge in [0.1, 0.15) is 12.6 Å². The van der Waals surface area contributed by atoms with Crippen LogP contribution in [0.4, 0.5) is 4.79 Å². The molecule has 2 amide bonds. The van der Waals surface area contributed by atoms with Crippen LogP contribution in [0.15, 0.2) is 78.9 Å². The molecule has 2 unspecified atom stereocenters. The largest absolute Gasteiger partial charge is 0.481 e. The maximum atomic E-state index is 13.5. The van der Waals surface area contributed by atoms with Gasteiger partial charge in [-0.15, -0.1) is 0 Å². The molecule has 0 bridgehead atoms. The molecule has 3 aromatic carbocycles. The number of amides is 2. The third-order valence-electron chi connectivity index (χ3n) is 7.89. The molecule has 1 fully saturated rings. The molecule has 208 valence electrons. The highest BCUT2D eigenvalue weighted by atomic mass is 16.5. The Bertz CT molecular complexity index is 1320. The zero-order valence-corrected chi connectivity index (χ0v) is 22.7. The number of alkyl carbamates (subject to hydrolysis) is 1. The molecule has 2 N–H and O–H groups in total. The Morgan fingerprint density at radius 2 is 1.55 bits per heavy atom. The first kappa shape index (κ1) is 27.4. The number of carboxylic acids is 1. The van der Waals surface area contributed by atoms with Gasteiger partial charge < -0.3 is 20.1 Å². The van der Waals surface area contributed by atoms with Crippen molar-refractivity contribution in [3.63, 3.8) is 0 Å². The van der Waals surface area contributed by atoms with Crippen molar-refractivity contribution in [2.45, 2.75) is 44.3 Å². The summed E-state index contributed by atoms with van der Waals surface area (Å²) >= 11 is 0. The van der Waals surface area contributed by atoms with Crippen LogP contribution < -0.4 is 5.32 Å². The summed E-state index contributed by atoms with van der Waals surface area (Å²) in [7, 11) is 0. The minimum Gasteiger partial charge on any atom is -0.481 e. The summed E-state index contributed by atoms with van der Waals surface area (Å²) in [5.74, 6) is -1.40. The van der Waals surface area contributed by atoms with Gasteiger partial charge in [-0.05, 0) is 41.2 Å². The number of carboxylic acid groups (broad SMARTS) is 1. The Kier molecular flexibility index (Phi) is 8.45. The molecule has 8 heteroatoms. The fourth-order valence-corrected chi connectivity index (χ4v) is 5.78. The maximum absolute atomic E-state index is 13.5. The van der Waals surface area contributed by atoms with Crippen molar-refractivity contribution < 1.29 is 24.2 Å². The first-order valence-electron chi connectivity index (χ1n) is 13.8. The Morgan fingerprint density at radius 3 is 2.17 bits per heavy atom. The Hall–Kier alpha value is -4.17. The van der Waals surface area contributed by atoms with Gasteiger partial charge in [0.25, 0.3) is 0 Å². The topological polar surface area (TPSA) is 99.2 Å². The highest BCUT2D eigenvalue weighted by Gasteiger charge is 2.33. The fourth-order valence-electron chi connectivity index (χ4n) is 5.78. The number of ether oxygens (including phenoxy) is 1. The van der Waals surface area contributed by atoms with Crippen molar-refractivity contribution in [2.24, 2.45) is 0 Å². The molecule has 0 aromatic heterocycles. The van der Waals surface area contributed by atoms with Gasteiger partial charge >= 0.3 is 12.1 Å². The number of carbonyl (C=O) groups excluding carboxylic acids is 2. The number of hydrogen-bond donors (Lipinski definition) is 2. The Balaban J connectivity index is 1.21. The van der Waals surface area contributed by atoms with Crippen molar-refractivity contribution in [3.05, 3.63) is 95.6 Å². The number of rotatable bonds is 9. The summed E-state index contributed by atoms with van der Waals surface area (Å²) in [4.78, 5) is 41.8. The average Bonchev–Trinajstić information content (AvgIpc) is 3.29. The third-order valence-corrected chi connectivity index (χ3v) is 7.89. The van der Waals surface area contributed by atoms with E-state index in [1.54, 1.807) is 4.90 Å². The van der Waals surface area contributed by atoms with Crippen molar-refractivity contribution in [2.75, 3.05) is 26.2 Å². The zero-order chi connectivity index (χ0) is 28.1. The summed E-state index contributed by atoms with van der Waals surface area (Å²) in [5.41, 5.74) is 5.66. The predicted molar refractivity (Wildman–Crippen MR) is 152 cm³/mol. The lowest BCUT2D eigenvalue weighted by Gasteiger charge is -2.41. The monoisotopic (exact) mass is 541 g/mol. The van der Waals surface area contributed by atoms with Gasteiger partial charge in [-0.1, -0.05) is 78.9 Å². The molecule has 0 radical (unpaired) electrons. The van der Waals surface area contributed by atoms with Gasteiger partial charge in [0.2, 0.25) is 5.91 Å². The molecule has 2 atom stereocenters. The Morgan fingerprint density at radius 1 is 0.925 bits per heavy atom. The number of nitrogens with zero attached hydrogens (tertiary/aromatic N) is 2. The predicted octanol–water partition coefficient (Wildman–Crippen LogP) is 4.49. The van der Waals surface area contributed by atoms with Crippen LogP contribution in [-0.2, 0) is 20.9 Å². The van der Waals surface area contributed by atoms with Crippen LogP contribution in [0.1, 0.15) is 42.4 Å². The first-order chi connectivity index (χ1) is 19.4. The summed E-state index contributed by atoms with van der Waals surface area (Å²) in [5, 5.41) is 11.9. The average molecular weight is 542 g/mol. The smallest absolute Gasteiger partial charge is 0.407 e. The molecule has 0 spiro atoms. The van der Waals surface area contributed by atoms with Crippen LogP contribution in [0.2, 0.25) is 0 Å². The second kappa shape index (κ2) is 12.3. The molecule has 5 rings (SSSR count). The maximum Gasteiger partial charge on any atom is 0.407 e. The first-order valence-corrected chi connectivity index (χ1v) is 13.8. The van der Waals surface area contributed by atoms with E-state index in [9.17, 15) is 19.5 Å². The number of fused-ring (bicyclic) bond motifs is 3. The molecular weight excluding hydrogens is 506 g/mol. The molecule has 1 aliphatic heterocycles. The SMILES string of the molecule is CC1CN(C(=O)C(CCC(=O)O)NC(=O)OCC2c3ccccc3-c3ccccc32)CCN1Cc1ccccc1. The number of nitrogens with one attached hydrogen (secondary N) is 1. The van der Waals surface area contributed by atoms with E-state index < -0.39 is 18.1 Å². The van der Waals surface area contributed by atoms with Gasteiger partial charge in [0.15, 0.2) is 0 Å². The van der Waals surface area contributed by atoms with Crippen LogP contribution >= 0.6 is 0 Å². The van der Waals surface area contributed by atoms with E-state index >= 15 is 0 Å². The van der Waals surface area contributed by atoms with Crippen molar-refractivity contribution in [3.8, 4) is 11.1 Å². The molecule has 1 saturated heterocycles. The zero-order valence-electron chi connectivity index (χ0n) is 22.7. The molecule has 1 aliphatic carbocycles. The molecule has 3 aromatic rings. The van der Waals surface area contributed by atoms with E-state index in [4.69, 9.17) is 4.74 Å². The van der Waals surface area contributed by atoms with Crippen LogP contribution in [-0.4, -0.2) is 71.2 Å². The summed E-state index contributed by atoms with van der Waals surface area (Å²) in [6.45, 7) is 4.69. The third kappa shape index (κ3) is 6.18. The molecule has 2 aliphatic rings. The van der Waals surface area contributed by atoms with Gasteiger partial charge in [0, 0.05) is 44.6 Å². The second-order valence-corrected chi connectivity index (χ2v) is 10.5. The van der Waals surface area contributed by atoms with Crippen LogP contribution in [0.5, 0.6) is 0 Å². The van der Waals surface area contributed by atoms with E-state index in [-0.39, 0.29) is 37.3 Å². The normalized spacial score (nSPS) is 17.5. The van der Waals surface area contributed by atoms with E-state index in [0.29, 0.717) is 19.6 Å². The number of hydrogen-bond acceptors (Lipinski definition) is 5. The summed E-state index contributed by atoms with van der Waals surface area (Å²) < 4.78 is 5.64. The molecule has 8 nitrogen and oxygen atoms in total. The van der Waals surface area contributed by atoms with Crippen LogP contribution in [0, 0.1) is 0 Å². The highest BCUT2D eigenvalue weighted by molar-refractivity contribution is 5.86. The standard InChI is InChI=1S/C32H35N3O5/c1-22-19-35(18-17-34(22)20-23-9-3-2-4-10-23)31(38)29(15-16-30(36)37)33-32(39)40-21-28-26-13-7-5-11-24(26)25-12-6-8-14-27(25)28/h2-14,22,28-29H,15-21H2,1H3,(H,33,39)(H,36,37). The number of piperazine rings is 1. The van der Waals surface area contributed by atoms with Crippen LogP contribution in [0.25, 0.3) is 11.1 Å². The number of benzene rings is 3.